The van der Waals surface area contributed by atoms with Gasteiger partial charge in [-0.05, 0) is 30.7 Å². The molecule has 1 heterocycles. The number of ether oxygens (including phenoxy) is 1. The molecular weight excluding hydrogens is 365 g/mol. The number of halogens is 1. The maximum Gasteiger partial charge on any atom is 0.248 e. The minimum atomic E-state index is -3.74. The molecule has 0 saturated carbocycles. The second-order valence-corrected chi connectivity index (χ2v) is 8.03. The summed E-state index contributed by atoms with van der Waals surface area (Å²) in [5, 5.41) is 0. The Labute approximate surface area is 151 Å². The van der Waals surface area contributed by atoms with Gasteiger partial charge in [-0.15, -0.1) is 0 Å². The molecule has 0 bridgehead atoms. The van der Waals surface area contributed by atoms with Gasteiger partial charge in [-0.25, -0.2) is 17.1 Å². The standard InChI is InChI=1S/C16H22FN3O5S/c1-19(26(23,24)13-6-4-12(17)5-7-13)8-2-3-15(21)20-9-10-25-14(11-20)16(18)22/h4-7,14H,2-3,8-11H2,1H3,(H2,18,22). The second-order valence-electron chi connectivity index (χ2n) is 5.99. The molecule has 1 fully saturated rings. The lowest BCUT2D eigenvalue weighted by molar-refractivity contribution is -0.145. The zero-order valence-electron chi connectivity index (χ0n) is 14.4. The lowest BCUT2D eigenvalue weighted by atomic mass is 10.2. The molecule has 10 heteroatoms. The number of hydrogen-bond acceptors (Lipinski definition) is 5. The van der Waals surface area contributed by atoms with Gasteiger partial charge in [-0.1, -0.05) is 0 Å². The van der Waals surface area contributed by atoms with Gasteiger partial charge < -0.3 is 15.4 Å². The van der Waals surface area contributed by atoms with E-state index in [1.807, 2.05) is 0 Å². The molecule has 26 heavy (non-hydrogen) atoms. The SMILES string of the molecule is CN(CCCC(=O)N1CCOC(C(N)=O)C1)S(=O)(=O)c1ccc(F)cc1. The highest BCUT2D eigenvalue weighted by molar-refractivity contribution is 7.89. The van der Waals surface area contributed by atoms with Crippen LogP contribution in [0, 0.1) is 5.82 Å². The summed E-state index contributed by atoms with van der Waals surface area (Å²) >= 11 is 0. The van der Waals surface area contributed by atoms with Crippen LogP contribution in [0.1, 0.15) is 12.8 Å². The van der Waals surface area contributed by atoms with Crippen LogP contribution in [0.5, 0.6) is 0 Å². The first kappa shape index (κ1) is 20.3. The van der Waals surface area contributed by atoms with Crippen molar-refractivity contribution in [2.75, 3.05) is 33.3 Å². The van der Waals surface area contributed by atoms with Crippen LogP contribution in [0.4, 0.5) is 4.39 Å². The average molecular weight is 387 g/mol. The van der Waals surface area contributed by atoms with Crippen molar-refractivity contribution in [3.8, 4) is 0 Å². The van der Waals surface area contributed by atoms with Crippen LogP contribution in [0.25, 0.3) is 0 Å². The number of nitrogens with zero attached hydrogens (tertiary/aromatic N) is 2. The highest BCUT2D eigenvalue weighted by atomic mass is 32.2. The zero-order valence-corrected chi connectivity index (χ0v) is 15.2. The highest BCUT2D eigenvalue weighted by Crippen LogP contribution is 2.16. The van der Waals surface area contributed by atoms with E-state index in [2.05, 4.69) is 0 Å². The van der Waals surface area contributed by atoms with Crippen molar-refractivity contribution in [2.45, 2.75) is 23.8 Å². The van der Waals surface area contributed by atoms with Crippen LogP contribution in [0.2, 0.25) is 0 Å². The number of morpholine rings is 1. The quantitative estimate of drug-likeness (QED) is 0.705. The van der Waals surface area contributed by atoms with Gasteiger partial charge in [0.05, 0.1) is 18.0 Å². The molecule has 144 valence electrons. The summed E-state index contributed by atoms with van der Waals surface area (Å²) < 4.78 is 44.0. The third-order valence-corrected chi connectivity index (χ3v) is 5.99. The second kappa shape index (κ2) is 8.56. The summed E-state index contributed by atoms with van der Waals surface area (Å²) in [6, 6.07) is 4.56. The van der Waals surface area contributed by atoms with Crippen molar-refractivity contribution in [1.82, 2.24) is 9.21 Å². The van der Waals surface area contributed by atoms with Crippen molar-refractivity contribution in [3.05, 3.63) is 30.1 Å². The summed E-state index contributed by atoms with van der Waals surface area (Å²) in [7, 11) is -2.33. The Morgan fingerprint density at radius 2 is 2.00 bits per heavy atom. The fourth-order valence-corrected chi connectivity index (χ4v) is 3.78. The van der Waals surface area contributed by atoms with E-state index in [4.69, 9.17) is 10.5 Å². The van der Waals surface area contributed by atoms with Crippen molar-refractivity contribution in [2.24, 2.45) is 5.73 Å². The predicted molar refractivity (Wildman–Crippen MR) is 91.0 cm³/mol. The lowest BCUT2D eigenvalue weighted by Crippen LogP contribution is -2.50. The summed E-state index contributed by atoms with van der Waals surface area (Å²) in [5.41, 5.74) is 5.18. The molecular formula is C16H22FN3O5S. The maximum atomic E-state index is 12.9. The first-order valence-corrected chi connectivity index (χ1v) is 9.56. The van der Waals surface area contributed by atoms with Gasteiger partial charge in [0.2, 0.25) is 21.8 Å². The Balaban J connectivity index is 1.85. The van der Waals surface area contributed by atoms with Crippen molar-refractivity contribution in [3.63, 3.8) is 0 Å². The smallest absolute Gasteiger partial charge is 0.248 e. The van der Waals surface area contributed by atoms with Gasteiger partial charge in [0.1, 0.15) is 5.82 Å². The van der Waals surface area contributed by atoms with Gasteiger partial charge in [0.15, 0.2) is 6.10 Å². The lowest BCUT2D eigenvalue weighted by Gasteiger charge is -2.31. The Morgan fingerprint density at radius 1 is 1.35 bits per heavy atom. The molecule has 2 rings (SSSR count). The summed E-state index contributed by atoms with van der Waals surface area (Å²) in [5.74, 6) is -1.32. The number of carbonyl (C=O) groups excluding carboxylic acids is 2. The highest BCUT2D eigenvalue weighted by Gasteiger charge is 2.27. The van der Waals surface area contributed by atoms with Crippen molar-refractivity contribution < 1.29 is 27.1 Å². The minimum absolute atomic E-state index is 0.00907. The molecule has 2 amide bonds. The molecule has 1 aromatic rings. The molecule has 0 radical (unpaired) electrons. The van der Waals surface area contributed by atoms with Gasteiger partial charge >= 0.3 is 0 Å². The van der Waals surface area contributed by atoms with Crippen LogP contribution < -0.4 is 5.73 Å². The Bertz CT molecular complexity index is 754. The number of amides is 2. The van der Waals surface area contributed by atoms with E-state index in [0.29, 0.717) is 13.0 Å². The topological polar surface area (TPSA) is 110 Å². The molecule has 0 aromatic heterocycles. The number of hydrogen-bond donors (Lipinski definition) is 1. The average Bonchev–Trinajstić information content (AvgIpc) is 2.61. The molecule has 1 aliphatic rings. The Hall–Kier alpha value is -2.04. The van der Waals surface area contributed by atoms with E-state index in [9.17, 15) is 22.4 Å². The molecule has 0 aliphatic carbocycles. The monoisotopic (exact) mass is 387 g/mol. The number of primary amides is 1. The van der Waals surface area contributed by atoms with Crippen LogP contribution in [0.3, 0.4) is 0 Å². The third kappa shape index (κ3) is 4.99. The van der Waals surface area contributed by atoms with Crippen LogP contribution in [0.15, 0.2) is 29.2 Å². The number of rotatable bonds is 7. The Morgan fingerprint density at radius 3 is 2.62 bits per heavy atom. The minimum Gasteiger partial charge on any atom is -0.367 e. The van der Waals surface area contributed by atoms with E-state index in [-0.39, 0.29) is 36.9 Å². The van der Waals surface area contributed by atoms with Gasteiger partial charge in [-0.3, -0.25) is 9.59 Å². The number of nitrogens with two attached hydrogens (primary N) is 1. The molecule has 1 atom stereocenters. The molecule has 1 aliphatic heterocycles. The van der Waals surface area contributed by atoms with E-state index in [1.165, 1.54) is 24.1 Å². The zero-order chi connectivity index (χ0) is 19.3. The molecule has 1 saturated heterocycles. The predicted octanol–water partition coefficient (Wildman–Crippen LogP) is -0.0609. The number of sulfonamides is 1. The third-order valence-electron chi connectivity index (χ3n) is 4.12. The number of carbonyl (C=O) groups is 2. The molecule has 2 N–H and O–H groups in total. The van der Waals surface area contributed by atoms with Crippen LogP contribution in [-0.2, 0) is 24.3 Å². The number of benzene rings is 1. The van der Waals surface area contributed by atoms with E-state index in [0.717, 1.165) is 16.4 Å². The van der Waals surface area contributed by atoms with Crippen molar-refractivity contribution >= 4 is 21.8 Å². The molecule has 1 unspecified atom stereocenters. The van der Waals surface area contributed by atoms with E-state index >= 15 is 0 Å². The van der Waals surface area contributed by atoms with Gasteiger partial charge in [0.25, 0.3) is 0 Å². The first-order valence-electron chi connectivity index (χ1n) is 8.12. The van der Waals surface area contributed by atoms with Gasteiger partial charge in [0, 0.05) is 26.6 Å². The fourth-order valence-electron chi connectivity index (χ4n) is 2.57. The molecule has 8 nitrogen and oxygen atoms in total. The van der Waals surface area contributed by atoms with E-state index in [1.54, 1.807) is 0 Å². The van der Waals surface area contributed by atoms with Gasteiger partial charge in [-0.2, -0.15) is 0 Å². The normalized spacial score (nSPS) is 18.1. The van der Waals surface area contributed by atoms with E-state index < -0.39 is 27.9 Å². The van der Waals surface area contributed by atoms with Crippen LogP contribution >= 0.6 is 0 Å². The van der Waals surface area contributed by atoms with Crippen molar-refractivity contribution in [1.29, 1.82) is 0 Å². The first-order chi connectivity index (χ1) is 12.2. The summed E-state index contributed by atoms with van der Waals surface area (Å²) in [6.45, 7) is 0.845. The molecule has 0 spiro atoms. The maximum absolute atomic E-state index is 12.9. The Kier molecular flexibility index (Phi) is 6.68. The summed E-state index contributed by atoms with van der Waals surface area (Å²) in [6.07, 6.45) is -0.363. The fraction of sp³-hybridized carbons (Fsp3) is 0.500. The van der Waals surface area contributed by atoms with Crippen LogP contribution in [-0.4, -0.2) is 68.8 Å². The summed E-state index contributed by atoms with van der Waals surface area (Å²) in [4.78, 5) is 24.9. The molecule has 1 aromatic carbocycles. The largest absolute Gasteiger partial charge is 0.367 e.